The van der Waals surface area contributed by atoms with Crippen LogP contribution in [0.5, 0.6) is 5.75 Å². The maximum absolute atomic E-state index is 11.7. The fourth-order valence-corrected chi connectivity index (χ4v) is 3.39. The lowest BCUT2D eigenvalue weighted by Crippen LogP contribution is -2.25. The number of nitrogens with one attached hydrogen (secondary N) is 1. The van der Waals surface area contributed by atoms with Crippen molar-refractivity contribution in [3.05, 3.63) is 48.5 Å². The number of methoxy groups -OCH3 is 1. The number of carbonyl (C=O) groups is 1. The molecule has 29 heavy (non-hydrogen) atoms. The molecule has 0 radical (unpaired) electrons. The Morgan fingerprint density at radius 3 is 2.45 bits per heavy atom. The van der Waals surface area contributed by atoms with Gasteiger partial charge in [-0.05, 0) is 63.1 Å². The fourth-order valence-electron chi connectivity index (χ4n) is 3.39. The van der Waals surface area contributed by atoms with Crippen LogP contribution in [0.25, 0.3) is 22.4 Å². The van der Waals surface area contributed by atoms with E-state index in [2.05, 4.69) is 9.97 Å². The topological polar surface area (TPSA) is 64.2 Å². The van der Waals surface area contributed by atoms with E-state index in [1.807, 2.05) is 62.4 Å². The van der Waals surface area contributed by atoms with Gasteiger partial charge in [-0.15, -0.1) is 0 Å². The number of nitrogens with zero attached hydrogens (tertiary/aromatic N) is 1. The predicted molar refractivity (Wildman–Crippen MR) is 116 cm³/mol. The smallest absolute Gasteiger partial charge is 0.311 e. The number of aromatic amines is 1. The number of imidazole rings is 1. The normalized spacial score (nSPS) is 11.6. The van der Waals surface area contributed by atoms with Gasteiger partial charge in [0, 0.05) is 5.56 Å². The average molecular weight is 395 g/mol. The Labute approximate surface area is 172 Å². The van der Waals surface area contributed by atoms with Crippen molar-refractivity contribution in [2.24, 2.45) is 5.41 Å². The zero-order chi connectivity index (χ0) is 20.7. The van der Waals surface area contributed by atoms with E-state index in [-0.39, 0.29) is 5.97 Å². The minimum atomic E-state index is -0.396. The third-order valence-corrected chi connectivity index (χ3v) is 5.22. The number of esters is 1. The summed E-state index contributed by atoms with van der Waals surface area (Å²) in [6, 6.07) is 16.1. The first-order chi connectivity index (χ1) is 14.0. The zero-order valence-electron chi connectivity index (χ0n) is 17.5. The average Bonchev–Trinajstić information content (AvgIpc) is 3.17. The van der Waals surface area contributed by atoms with E-state index in [9.17, 15) is 4.79 Å². The zero-order valence-corrected chi connectivity index (χ0v) is 17.5. The largest absolute Gasteiger partial charge is 0.494 e. The number of para-hydroxylation sites is 2. The summed E-state index contributed by atoms with van der Waals surface area (Å²) in [6.07, 6.45) is 5.06. The van der Waals surface area contributed by atoms with Crippen molar-refractivity contribution in [1.82, 2.24) is 9.97 Å². The number of aromatic nitrogens is 2. The maximum Gasteiger partial charge on any atom is 0.311 e. The quantitative estimate of drug-likeness (QED) is 0.351. The van der Waals surface area contributed by atoms with Crippen LogP contribution >= 0.6 is 0 Å². The van der Waals surface area contributed by atoms with Crippen LogP contribution in [0, 0.1) is 5.41 Å². The number of carbonyl (C=O) groups excluding carboxylic acids is 1. The first-order valence-electron chi connectivity index (χ1n) is 10.3. The Morgan fingerprint density at radius 2 is 1.72 bits per heavy atom. The number of unbranched alkanes of at least 4 members (excludes halogenated alkanes) is 3. The Balaban J connectivity index is 1.38. The molecule has 0 spiro atoms. The highest BCUT2D eigenvalue weighted by molar-refractivity contribution is 5.79. The molecule has 0 unspecified atom stereocenters. The van der Waals surface area contributed by atoms with Gasteiger partial charge in [0.05, 0.1) is 30.2 Å². The second-order valence-corrected chi connectivity index (χ2v) is 8.02. The molecular formula is C24H30N2O3. The first-order valence-corrected chi connectivity index (χ1v) is 10.3. The van der Waals surface area contributed by atoms with E-state index >= 15 is 0 Å². The maximum atomic E-state index is 11.7. The Morgan fingerprint density at radius 1 is 1.00 bits per heavy atom. The summed E-state index contributed by atoms with van der Waals surface area (Å²) < 4.78 is 10.7. The van der Waals surface area contributed by atoms with Gasteiger partial charge in [0.2, 0.25) is 0 Å². The number of ether oxygens (including phenoxy) is 2. The minimum Gasteiger partial charge on any atom is -0.494 e. The van der Waals surface area contributed by atoms with Gasteiger partial charge in [0.1, 0.15) is 11.6 Å². The summed E-state index contributed by atoms with van der Waals surface area (Å²) in [6.45, 7) is 4.58. The van der Waals surface area contributed by atoms with Crippen LogP contribution in [0.15, 0.2) is 48.5 Å². The van der Waals surface area contributed by atoms with Crippen LogP contribution in [0.1, 0.15) is 46.0 Å². The molecule has 0 atom stereocenters. The molecule has 5 nitrogen and oxygen atoms in total. The van der Waals surface area contributed by atoms with E-state index in [1.165, 1.54) is 7.11 Å². The number of hydrogen-bond donors (Lipinski definition) is 1. The Hall–Kier alpha value is -2.82. The third-order valence-electron chi connectivity index (χ3n) is 5.22. The van der Waals surface area contributed by atoms with Gasteiger partial charge in [0.15, 0.2) is 0 Å². The monoisotopic (exact) mass is 394 g/mol. The van der Waals surface area contributed by atoms with Gasteiger partial charge in [-0.3, -0.25) is 4.79 Å². The Bertz CT molecular complexity index is 896. The molecule has 0 saturated carbocycles. The van der Waals surface area contributed by atoms with Crippen molar-refractivity contribution in [1.29, 1.82) is 0 Å². The number of H-pyrrole nitrogens is 1. The highest BCUT2D eigenvalue weighted by Gasteiger charge is 2.27. The molecule has 5 heteroatoms. The van der Waals surface area contributed by atoms with Crippen LogP contribution in [0.2, 0.25) is 0 Å². The van der Waals surface area contributed by atoms with Gasteiger partial charge < -0.3 is 14.5 Å². The van der Waals surface area contributed by atoms with Gasteiger partial charge >= 0.3 is 5.97 Å². The molecule has 0 amide bonds. The molecular weight excluding hydrogens is 364 g/mol. The molecule has 0 saturated heterocycles. The molecule has 0 aliphatic carbocycles. The predicted octanol–water partition coefficient (Wildman–Crippen LogP) is 5.76. The van der Waals surface area contributed by atoms with E-state index in [1.54, 1.807) is 0 Å². The number of hydrogen-bond acceptors (Lipinski definition) is 4. The van der Waals surface area contributed by atoms with Crippen molar-refractivity contribution in [2.45, 2.75) is 46.0 Å². The van der Waals surface area contributed by atoms with Gasteiger partial charge in [0.25, 0.3) is 0 Å². The summed E-state index contributed by atoms with van der Waals surface area (Å²) in [4.78, 5) is 19.6. The number of rotatable bonds is 10. The highest BCUT2D eigenvalue weighted by atomic mass is 16.5. The van der Waals surface area contributed by atoms with Crippen molar-refractivity contribution in [2.75, 3.05) is 13.7 Å². The highest BCUT2D eigenvalue weighted by Crippen LogP contribution is 2.26. The second kappa shape index (κ2) is 9.59. The summed E-state index contributed by atoms with van der Waals surface area (Å²) >= 11 is 0. The lowest BCUT2D eigenvalue weighted by atomic mass is 9.87. The van der Waals surface area contributed by atoms with Crippen LogP contribution < -0.4 is 4.74 Å². The third kappa shape index (κ3) is 5.59. The first kappa shape index (κ1) is 20.9. The fraction of sp³-hybridized carbons (Fsp3) is 0.417. The summed E-state index contributed by atoms with van der Waals surface area (Å²) in [5.74, 6) is 1.61. The van der Waals surface area contributed by atoms with Crippen molar-refractivity contribution >= 4 is 17.0 Å². The van der Waals surface area contributed by atoms with Crippen LogP contribution in [-0.2, 0) is 9.53 Å². The van der Waals surface area contributed by atoms with E-state index in [4.69, 9.17) is 9.47 Å². The van der Waals surface area contributed by atoms with Gasteiger partial charge in [-0.1, -0.05) is 31.4 Å². The Kier molecular flexibility index (Phi) is 6.91. The lowest BCUT2D eigenvalue weighted by Gasteiger charge is -2.20. The second-order valence-electron chi connectivity index (χ2n) is 8.02. The van der Waals surface area contributed by atoms with Crippen molar-refractivity contribution < 1.29 is 14.3 Å². The number of fused-ring (bicyclic) bond motifs is 1. The molecule has 0 aliphatic rings. The molecule has 3 aromatic rings. The van der Waals surface area contributed by atoms with E-state index < -0.39 is 5.41 Å². The molecule has 0 aliphatic heterocycles. The lowest BCUT2D eigenvalue weighted by molar-refractivity contribution is -0.151. The molecule has 1 aromatic heterocycles. The summed E-state index contributed by atoms with van der Waals surface area (Å²) in [5.41, 5.74) is 2.66. The minimum absolute atomic E-state index is 0.132. The van der Waals surface area contributed by atoms with Crippen LogP contribution in [0.3, 0.4) is 0 Å². The van der Waals surface area contributed by atoms with Crippen LogP contribution in [-0.4, -0.2) is 29.7 Å². The van der Waals surface area contributed by atoms with Gasteiger partial charge in [-0.25, -0.2) is 4.98 Å². The molecule has 3 rings (SSSR count). The van der Waals surface area contributed by atoms with E-state index in [0.29, 0.717) is 6.61 Å². The summed E-state index contributed by atoms with van der Waals surface area (Å²) in [7, 11) is 1.45. The molecule has 154 valence electrons. The SMILES string of the molecule is COC(=O)C(C)(C)CCCCCCOc1ccc(-c2nc3ccccc3[nH]2)cc1. The molecule has 0 bridgehead atoms. The van der Waals surface area contributed by atoms with Gasteiger partial charge in [-0.2, -0.15) is 0 Å². The molecule has 1 N–H and O–H groups in total. The van der Waals surface area contributed by atoms with Crippen molar-refractivity contribution in [3.63, 3.8) is 0 Å². The van der Waals surface area contributed by atoms with Crippen LogP contribution in [0.4, 0.5) is 0 Å². The van der Waals surface area contributed by atoms with Crippen molar-refractivity contribution in [3.8, 4) is 17.1 Å². The molecule has 2 aromatic carbocycles. The standard InChI is InChI=1S/C24H30N2O3/c1-24(2,23(27)28-3)16-8-4-5-9-17-29-19-14-12-18(13-15-19)22-25-20-10-6-7-11-21(20)26-22/h6-7,10-15H,4-5,8-9,16-17H2,1-3H3,(H,25,26). The van der Waals surface area contributed by atoms with E-state index in [0.717, 1.165) is 60.3 Å². The molecule has 0 fully saturated rings. The number of benzene rings is 2. The molecule has 1 heterocycles. The summed E-state index contributed by atoms with van der Waals surface area (Å²) in [5, 5.41) is 0.